The second-order valence-corrected chi connectivity index (χ2v) is 5.37. The highest BCUT2D eigenvalue weighted by molar-refractivity contribution is 6.05. The largest absolute Gasteiger partial charge is 0.326 e. The van der Waals surface area contributed by atoms with Crippen LogP contribution >= 0.6 is 0 Å². The third-order valence-corrected chi connectivity index (χ3v) is 3.47. The van der Waals surface area contributed by atoms with Gasteiger partial charge in [0.25, 0.3) is 17.3 Å². The van der Waals surface area contributed by atoms with E-state index >= 15 is 0 Å². The van der Waals surface area contributed by atoms with E-state index in [1.54, 1.807) is 12.1 Å². The van der Waals surface area contributed by atoms with E-state index in [0.29, 0.717) is 11.4 Å². The van der Waals surface area contributed by atoms with Crippen LogP contribution in [0.3, 0.4) is 0 Å². The van der Waals surface area contributed by atoms with E-state index in [1.807, 2.05) is 0 Å². The predicted octanol–water partition coefficient (Wildman–Crippen LogP) is 3.02. The number of nitro groups is 2. The zero-order chi connectivity index (χ0) is 19.4. The lowest BCUT2D eigenvalue weighted by molar-refractivity contribution is -0.395. The van der Waals surface area contributed by atoms with Crippen LogP contribution in [0.1, 0.15) is 22.8 Å². The monoisotopic (exact) mass is 358 g/mol. The predicted molar refractivity (Wildman–Crippen MR) is 93.2 cm³/mol. The van der Waals surface area contributed by atoms with Gasteiger partial charge in [-0.1, -0.05) is 0 Å². The Kier molecular flexibility index (Phi) is 5.26. The van der Waals surface area contributed by atoms with Crippen LogP contribution in [0, 0.1) is 27.2 Å². The van der Waals surface area contributed by atoms with E-state index in [-0.39, 0.29) is 17.0 Å². The molecule has 0 aliphatic carbocycles. The van der Waals surface area contributed by atoms with Crippen LogP contribution in [0.15, 0.2) is 36.4 Å². The SMILES string of the molecule is CC(=O)Nc1ccc(NC(=O)c2cc([N+](=O)[O-])c(C)c([N+](=O)[O-])c2)cc1. The summed E-state index contributed by atoms with van der Waals surface area (Å²) in [7, 11) is 0. The van der Waals surface area contributed by atoms with Gasteiger partial charge in [0.1, 0.15) is 5.56 Å². The molecule has 2 aromatic carbocycles. The summed E-state index contributed by atoms with van der Waals surface area (Å²) in [4.78, 5) is 43.9. The molecule has 0 spiro atoms. The summed E-state index contributed by atoms with van der Waals surface area (Å²) in [5, 5.41) is 27.2. The van der Waals surface area contributed by atoms with Crippen LogP contribution in [-0.2, 0) is 4.79 Å². The Balaban J connectivity index is 2.30. The molecule has 10 nitrogen and oxygen atoms in total. The average molecular weight is 358 g/mol. The van der Waals surface area contributed by atoms with Crippen molar-refractivity contribution in [3.8, 4) is 0 Å². The average Bonchev–Trinajstić information content (AvgIpc) is 2.55. The molecule has 0 fully saturated rings. The summed E-state index contributed by atoms with van der Waals surface area (Å²) in [5.74, 6) is -0.982. The fourth-order valence-corrected chi connectivity index (χ4v) is 2.24. The lowest BCUT2D eigenvalue weighted by atomic mass is 10.1. The highest BCUT2D eigenvalue weighted by Crippen LogP contribution is 2.29. The fraction of sp³-hybridized carbons (Fsp3) is 0.125. The molecular weight excluding hydrogens is 344 g/mol. The molecule has 0 aliphatic heterocycles. The van der Waals surface area contributed by atoms with Gasteiger partial charge in [0, 0.05) is 30.4 Å². The normalized spacial score (nSPS) is 10.1. The van der Waals surface area contributed by atoms with Gasteiger partial charge in [-0.05, 0) is 31.2 Å². The number of benzene rings is 2. The molecule has 0 unspecified atom stereocenters. The molecule has 0 bridgehead atoms. The Morgan fingerprint density at radius 1 is 0.885 bits per heavy atom. The standard InChI is InChI=1S/C16H14N4O6/c1-9-14(19(23)24)7-11(8-15(9)20(25)26)16(22)18-13-5-3-12(4-6-13)17-10(2)21/h3-8H,1-2H3,(H,17,21)(H,18,22). The molecule has 2 aromatic rings. The van der Waals surface area contributed by atoms with Crippen molar-refractivity contribution in [1.29, 1.82) is 0 Å². The second kappa shape index (κ2) is 7.38. The van der Waals surface area contributed by atoms with Crippen LogP contribution in [0.4, 0.5) is 22.7 Å². The molecule has 134 valence electrons. The zero-order valence-electron chi connectivity index (χ0n) is 13.8. The number of hydrogen-bond acceptors (Lipinski definition) is 6. The third kappa shape index (κ3) is 4.17. The first kappa shape index (κ1) is 18.5. The first-order valence-electron chi connectivity index (χ1n) is 7.31. The minimum atomic E-state index is -0.776. The number of anilines is 2. The maximum absolute atomic E-state index is 12.3. The maximum atomic E-state index is 12.3. The first-order chi connectivity index (χ1) is 12.2. The fourth-order valence-electron chi connectivity index (χ4n) is 2.24. The van der Waals surface area contributed by atoms with Gasteiger partial charge >= 0.3 is 0 Å². The quantitative estimate of drug-likeness (QED) is 0.621. The summed E-state index contributed by atoms with van der Waals surface area (Å²) in [6.45, 7) is 2.60. The molecule has 0 aliphatic rings. The maximum Gasteiger partial charge on any atom is 0.279 e. The lowest BCUT2D eigenvalue weighted by Crippen LogP contribution is -2.13. The summed E-state index contributed by atoms with van der Waals surface area (Å²) in [6.07, 6.45) is 0. The molecule has 0 heterocycles. The van der Waals surface area contributed by atoms with Crippen molar-refractivity contribution in [3.05, 3.63) is 67.8 Å². The molecule has 0 atom stereocenters. The first-order valence-corrected chi connectivity index (χ1v) is 7.31. The van der Waals surface area contributed by atoms with Crippen molar-refractivity contribution in [3.63, 3.8) is 0 Å². The van der Waals surface area contributed by atoms with Gasteiger partial charge < -0.3 is 10.6 Å². The van der Waals surface area contributed by atoms with Gasteiger partial charge in [-0.25, -0.2) is 0 Å². The Morgan fingerprint density at radius 3 is 1.69 bits per heavy atom. The van der Waals surface area contributed by atoms with Crippen molar-refractivity contribution in [2.45, 2.75) is 13.8 Å². The molecule has 26 heavy (non-hydrogen) atoms. The summed E-state index contributed by atoms with van der Waals surface area (Å²) in [5.41, 5.74) is -0.473. The summed E-state index contributed by atoms with van der Waals surface area (Å²) < 4.78 is 0. The van der Waals surface area contributed by atoms with Gasteiger partial charge in [-0.15, -0.1) is 0 Å². The number of rotatable bonds is 5. The third-order valence-electron chi connectivity index (χ3n) is 3.47. The van der Waals surface area contributed by atoms with E-state index in [1.165, 1.54) is 26.0 Å². The number of carbonyl (C=O) groups excluding carboxylic acids is 2. The molecule has 2 amide bonds. The van der Waals surface area contributed by atoms with E-state index in [0.717, 1.165) is 12.1 Å². The molecule has 2 N–H and O–H groups in total. The van der Waals surface area contributed by atoms with Crippen molar-refractivity contribution < 1.29 is 19.4 Å². The Labute approximate surface area is 147 Å². The highest BCUT2D eigenvalue weighted by Gasteiger charge is 2.25. The Morgan fingerprint density at radius 2 is 1.31 bits per heavy atom. The minimum absolute atomic E-state index is 0.129. The van der Waals surface area contributed by atoms with E-state index in [4.69, 9.17) is 0 Å². The van der Waals surface area contributed by atoms with Crippen LogP contribution in [0.2, 0.25) is 0 Å². The van der Waals surface area contributed by atoms with Crippen LogP contribution < -0.4 is 10.6 Å². The lowest BCUT2D eigenvalue weighted by Gasteiger charge is -2.08. The highest BCUT2D eigenvalue weighted by atomic mass is 16.6. The molecule has 0 aromatic heterocycles. The van der Waals surface area contributed by atoms with Crippen LogP contribution in [0.25, 0.3) is 0 Å². The van der Waals surface area contributed by atoms with E-state index in [9.17, 15) is 29.8 Å². The van der Waals surface area contributed by atoms with Crippen molar-refractivity contribution in [1.82, 2.24) is 0 Å². The topological polar surface area (TPSA) is 144 Å². The van der Waals surface area contributed by atoms with Gasteiger partial charge in [0.15, 0.2) is 0 Å². The molecule has 10 heteroatoms. The molecule has 0 saturated carbocycles. The number of carbonyl (C=O) groups is 2. The van der Waals surface area contributed by atoms with Gasteiger partial charge in [-0.3, -0.25) is 29.8 Å². The van der Waals surface area contributed by atoms with Crippen molar-refractivity contribution in [2.75, 3.05) is 10.6 Å². The summed E-state index contributed by atoms with van der Waals surface area (Å²) in [6, 6.07) is 8.11. The van der Waals surface area contributed by atoms with Gasteiger partial charge in [0.2, 0.25) is 5.91 Å². The number of nitro benzene ring substituents is 2. The summed E-state index contributed by atoms with van der Waals surface area (Å²) >= 11 is 0. The van der Waals surface area contributed by atoms with E-state index in [2.05, 4.69) is 10.6 Å². The molecule has 2 rings (SSSR count). The molecular formula is C16H14N4O6. The zero-order valence-corrected chi connectivity index (χ0v) is 13.8. The minimum Gasteiger partial charge on any atom is -0.326 e. The Bertz CT molecular complexity index is 872. The smallest absolute Gasteiger partial charge is 0.279 e. The van der Waals surface area contributed by atoms with Gasteiger partial charge in [-0.2, -0.15) is 0 Å². The second-order valence-electron chi connectivity index (χ2n) is 5.37. The number of hydrogen-bond donors (Lipinski definition) is 2. The number of nitrogens with one attached hydrogen (secondary N) is 2. The number of amides is 2. The molecule has 0 radical (unpaired) electrons. The number of nitrogens with zero attached hydrogens (tertiary/aromatic N) is 2. The van der Waals surface area contributed by atoms with Crippen molar-refractivity contribution >= 4 is 34.6 Å². The van der Waals surface area contributed by atoms with Crippen molar-refractivity contribution in [2.24, 2.45) is 0 Å². The van der Waals surface area contributed by atoms with E-state index < -0.39 is 27.1 Å². The Hall–Kier alpha value is -3.82. The van der Waals surface area contributed by atoms with Crippen LogP contribution in [-0.4, -0.2) is 21.7 Å². The van der Waals surface area contributed by atoms with Gasteiger partial charge in [0.05, 0.1) is 15.4 Å². The molecule has 0 saturated heterocycles. The van der Waals surface area contributed by atoms with Crippen LogP contribution in [0.5, 0.6) is 0 Å².